The number of alkyl halides is 5. The lowest BCUT2D eigenvalue weighted by Gasteiger charge is -2.40. The van der Waals surface area contributed by atoms with E-state index in [-0.39, 0.29) is 11.3 Å². The van der Waals surface area contributed by atoms with Crippen molar-refractivity contribution >= 4 is 0 Å². The first kappa shape index (κ1) is 14.8. The fraction of sp³-hybridized carbons (Fsp3) is 0.500. The number of ether oxygens (including phenoxy) is 2. The first-order valence-corrected chi connectivity index (χ1v) is 5.61. The molecule has 3 nitrogen and oxygen atoms in total. The van der Waals surface area contributed by atoms with Crippen molar-refractivity contribution in [1.29, 1.82) is 0 Å². The van der Waals surface area contributed by atoms with Crippen LogP contribution >= 0.6 is 0 Å². The Balaban J connectivity index is 2.49. The van der Waals surface area contributed by atoms with E-state index in [1.807, 2.05) is 0 Å². The van der Waals surface area contributed by atoms with Gasteiger partial charge in [-0.25, -0.2) is 8.78 Å². The molecule has 2 unspecified atom stereocenters. The molecular weight excluding hydrogens is 287 g/mol. The maximum atomic E-state index is 12.9. The van der Waals surface area contributed by atoms with Crippen molar-refractivity contribution in [2.75, 3.05) is 7.11 Å². The molecule has 0 fully saturated rings. The largest absolute Gasteiger partial charge is 0.497 e. The lowest BCUT2D eigenvalue weighted by molar-refractivity contribution is -0.299. The third kappa shape index (κ3) is 2.17. The fourth-order valence-corrected chi connectivity index (χ4v) is 2.07. The topological polar surface area (TPSA) is 38.7 Å². The molecule has 0 saturated heterocycles. The summed E-state index contributed by atoms with van der Waals surface area (Å²) in [5, 5.41) is 9.76. The summed E-state index contributed by atoms with van der Waals surface area (Å²) in [5.41, 5.74) is -3.71. The first-order chi connectivity index (χ1) is 9.21. The Hall–Kier alpha value is -1.57. The van der Waals surface area contributed by atoms with Crippen molar-refractivity contribution in [2.24, 2.45) is 0 Å². The maximum absolute atomic E-state index is 12.9. The second-order valence-corrected chi connectivity index (χ2v) is 4.41. The summed E-state index contributed by atoms with van der Waals surface area (Å²) in [7, 11) is 1.33. The molecule has 0 amide bonds. The van der Waals surface area contributed by atoms with E-state index in [0.29, 0.717) is 0 Å². The van der Waals surface area contributed by atoms with E-state index in [0.717, 1.165) is 6.07 Å². The van der Waals surface area contributed by atoms with Gasteiger partial charge in [-0.15, -0.1) is 0 Å². The molecule has 112 valence electrons. The highest BCUT2D eigenvalue weighted by molar-refractivity contribution is 5.44. The Morgan fingerprint density at radius 3 is 2.55 bits per heavy atom. The first-order valence-electron chi connectivity index (χ1n) is 5.61. The molecule has 20 heavy (non-hydrogen) atoms. The number of hydrogen-bond acceptors (Lipinski definition) is 3. The van der Waals surface area contributed by atoms with Gasteiger partial charge in [0.15, 0.2) is 0 Å². The maximum Gasteiger partial charge on any atom is 0.434 e. The van der Waals surface area contributed by atoms with E-state index in [4.69, 9.17) is 4.74 Å². The second kappa shape index (κ2) is 4.76. The van der Waals surface area contributed by atoms with E-state index in [9.17, 15) is 27.1 Å². The fourth-order valence-electron chi connectivity index (χ4n) is 2.07. The standard InChI is InChI=1S/C12H11F5O3/c1-19-6-2-3-9-7(4-6)8(18)5-11(20-9,10(13)14)12(15,16)17/h2-4,8,10,18H,5H2,1H3. The number of hydrogen-bond donors (Lipinski definition) is 1. The molecule has 1 aromatic carbocycles. The average molecular weight is 298 g/mol. The lowest BCUT2D eigenvalue weighted by atomic mass is 9.88. The molecule has 0 saturated carbocycles. The van der Waals surface area contributed by atoms with Gasteiger partial charge in [0, 0.05) is 12.0 Å². The van der Waals surface area contributed by atoms with Crippen LogP contribution in [-0.2, 0) is 0 Å². The molecule has 1 N–H and O–H groups in total. The van der Waals surface area contributed by atoms with Gasteiger partial charge < -0.3 is 14.6 Å². The molecule has 1 aliphatic rings. The van der Waals surface area contributed by atoms with Gasteiger partial charge in [-0.2, -0.15) is 13.2 Å². The highest BCUT2D eigenvalue weighted by Crippen LogP contribution is 2.50. The summed E-state index contributed by atoms with van der Waals surface area (Å²) in [6, 6.07) is 3.59. The van der Waals surface area contributed by atoms with Crippen LogP contribution in [0.3, 0.4) is 0 Å². The predicted octanol–water partition coefficient (Wildman–Crippen LogP) is 3.08. The monoisotopic (exact) mass is 298 g/mol. The van der Waals surface area contributed by atoms with Crippen LogP contribution in [0.5, 0.6) is 11.5 Å². The molecule has 0 radical (unpaired) electrons. The van der Waals surface area contributed by atoms with Crippen LogP contribution in [0.1, 0.15) is 18.1 Å². The smallest absolute Gasteiger partial charge is 0.434 e. The van der Waals surface area contributed by atoms with Crippen LogP contribution in [0.15, 0.2) is 18.2 Å². The van der Waals surface area contributed by atoms with Crippen molar-refractivity contribution < 1.29 is 36.5 Å². The van der Waals surface area contributed by atoms with Gasteiger partial charge in [0.05, 0.1) is 13.2 Å². The zero-order valence-corrected chi connectivity index (χ0v) is 10.2. The van der Waals surface area contributed by atoms with Crippen LogP contribution in [0.2, 0.25) is 0 Å². The molecule has 8 heteroatoms. The number of methoxy groups -OCH3 is 1. The number of halogens is 5. The van der Waals surface area contributed by atoms with Crippen LogP contribution < -0.4 is 9.47 Å². The van der Waals surface area contributed by atoms with Crippen molar-refractivity contribution in [1.82, 2.24) is 0 Å². The summed E-state index contributed by atoms with van der Waals surface area (Å²) in [4.78, 5) is 0. The third-order valence-corrected chi connectivity index (χ3v) is 3.20. The van der Waals surface area contributed by atoms with Gasteiger partial charge >= 0.3 is 6.18 Å². The van der Waals surface area contributed by atoms with E-state index in [1.165, 1.54) is 19.2 Å². The molecule has 0 bridgehead atoms. The number of fused-ring (bicyclic) bond motifs is 1. The molecular formula is C12H11F5O3. The van der Waals surface area contributed by atoms with Crippen LogP contribution in [0.4, 0.5) is 22.0 Å². The molecule has 1 aliphatic heterocycles. The van der Waals surface area contributed by atoms with Crippen LogP contribution in [-0.4, -0.2) is 30.4 Å². The Morgan fingerprint density at radius 1 is 1.40 bits per heavy atom. The van der Waals surface area contributed by atoms with E-state index >= 15 is 0 Å². The number of aliphatic hydroxyl groups excluding tert-OH is 1. The molecule has 0 aromatic heterocycles. The minimum atomic E-state index is -5.31. The molecule has 2 atom stereocenters. The highest BCUT2D eigenvalue weighted by atomic mass is 19.4. The molecule has 2 rings (SSSR count). The van der Waals surface area contributed by atoms with Gasteiger partial charge in [0.2, 0.25) is 0 Å². The Bertz CT molecular complexity index is 502. The van der Waals surface area contributed by atoms with E-state index < -0.39 is 36.5 Å². The zero-order chi connectivity index (χ0) is 15.1. The summed E-state index contributed by atoms with van der Waals surface area (Å²) < 4.78 is 73.9. The number of benzene rings is 1. The van der Waals surface area contributed by atoms with E-state index in [1.54, 1.807) is 0 Å². The van der Waals surface area contributed by atoms with Crippen molar-refractivity contribution in [2.45, 2.75) is 30.7 Å². The summed E-state index contributed by atoms with van der Waals surface area (Å²) in [5.74, 6) is -0.148. The normalized spacial score (nSPS) is 26.1. The van der Waals surface area contributed by atoms with Crippen molar-refractivity contribution in [3.05, 3.63) is 23.8 Å². The molecule has 0 aliphatic carbocycles. The lowest BCUT2D eigenvalue weighted by Crippen LogP contribution is -2.58. The van der Waals surface area contributed by atoms with Crippen LogP contribution in [0, 0.1) is 0 Å². The van der Waals surface area contributed by atoms with Gasteiger partial charge in [0.25, 0.3) is 12.0 Å². The average Bonchev–Trinajstić information content (AvgIpc) is 2.36. The van der Waals surface area contributed by atoms with Crippen molar-refractivity contribution in [3.8, 4) is 11.5 Å². The van der Waals surface area contributed by atoms with Gasteiger partial charge in [-0.05, 0) is 18.2 Å². The molecule has 0 spiro atoms. The minimum Gasteiger partial charge on any atom is -0.497 e. The highest BCUT2D eigenvalue weighted by Gasteiger charge is 2.66. The van der Waals surface area contributed by atoms with Crippen LogP contribution in [0.25, 0.3) is 0 Å². The number of aliphatic hydroxyl groups is 1. The number of rotatable bonds is 2. The SMILES string of the molecule is COc1ccc2c(c1)C(O)CC(C(F)F)(C(F)(F)F)O2. The Morgan fingerprint density at radius 2 is 2.05 bits per heavy atom. The summed E-state index contributed by atoms with van der Waals surface area (Å²) >= 11 is 0. The second-order valence-electron chi connectivity index (χ2n) is 4.41. The summed E-state index contributed by atoms with van der Waals surface area (Å²) in [6.07, 6.45) is -12.1. The Labute approximate surface area is 110 Å². The minimum absolute atomic E-state index is 0.00938. The van der Waals surface area contributed by atoms with Gasteiger partial charge in [-0.3, -0.25) is 0 Å². The third-order valence-electron chi connectivity index (χ3n) is 3.20. The van der Waals surface area contributed by atoms with Gasteiger partial charge in [0.1, 0.15) is 11.5 Å². The predicted molar refractivity (Wildman–Crippen MR) is 58.0 cm³/mol. The Kier molecular flexibility index (Phi) is 3.53. The molecule has 1 heterocycles. The zero-order valence-electron chi connectivity index (χ0n) is 10.2. The van der Waals surface area contributed by atoms with Gasteiger partial charge in [-0.1, -0.05) is 0 Å². The quantitative estimate of drug-likeness (QED) is 0.853. The van der Waals surface area contributed by atoms with Crippen molar-refractivity contribution in [3.63, 3.8) is 0 Å². The van der Waals surface area contributed by atoms with E-state index in [2.05, 4.69) is 4.74 Å². The molecule has 1 aromatic rings. The summed E-state index contributed by atoms with van der Waals surface area (Å²) in [6.45, 7) is 0.